The molecule has 0 radical (unpaired) electrons. The zero-order valence-electron chi connectivity index (χ0n) is 6.18. The van der Waals surface area contributed by atoms with E-state index in [2.05, 4.69) is 0 Å². The van der Waals surface area contributed by atoms with Crippen LogP contribution >= 0.6 is 11.6 Å². The summed E-state index contributed by atoms with van der Waals surface area (Å²) < 4.78 is 5.05. The lowest BCUT2D eigenvalue weighted by atomic mass is 9.82. The average molecular weight is 179 g/mol. The Morgan fingerprint density at radius 1 is 1.55 bits per heavy atom. The largest absolute Gasteiger partial charge is 0.481 e. The van der Waals surface area contributed by atoms with Gasteiger partial charge in [-0.1, -0.05) is 0 Å². The number of carboxylic acids is 1. The van der Waals surface area contributed by atoms with Crippen LogP contribution in [-0.4, -0.2) is 30.2 Å². The first-order chi connectivity index (χ1) is 5.21. The quantitative estimate of drug-likeness (QED) is 0.645. The summed E-state index contributed by atoms with van der Waals surface area (Å²) in [5.41, 5.74) is -0.722. The molecule has 0 aromatic rings. The summed E-state index contributed by atoms with van der Waals surface area (Å²) in [4.78, 5) is 10.8. The monoisotopic (exact) mass is 178 g/mol. The molecule has 0 saturated carbocycles. The second-order valence-corrected chi connectivity index (χ2v) is 3.10. The number of hydrogen-bond donors (Lipinski definition) is 1. The molecule has 0 aromatic heterocycles. The molecule has 11 heavy (non-hydrogen) atoms. The van der Waals surface area contributed by atoms with E-state index in [1.807, 2.05) is 0 Å². The molecule has 1 fully saturated rings. The van der Waals surface area contributed by atoms with Crippen LogP contribution in [0.15, 0.2) is 0 Å². The molecule has 4 heteroatoms. The third-order valence-corrected chi connectivity index (χ3v) is 2.67. The van der Waals surface area contributed by atoms with Gasteiger partial charge in [0.05, 0.1) is 5.41 Å². The van der Waals surface area contributed by atoms with Crippen molar-refractivity contribution in [2.45, 2.75) is 12.8 Å². The molecule has 1 heterocycles. The Bertz CT molecular complexity index is 152. The van der Waals surface area contributed by atoms with Crippen molar-refractivity contribution in [2.24, 2.45) is 5.41 Å². The van der Waals surface area contributed by atoms with E-state index >= 15 is 0 Å². The lowest BCUT2D eigenvalue weighted by molar-refractivity contribution is -0.152. The maximum atomic E-state index is 10.8. The summed E-state index contributed by atoms with van der Waals surface area (Å²) in [5.74, 6) is -0.609. The van der Waals surface area contributed by atoms with Crippen molar-refractivity contribution in [1.29, 1.82) is 0 Å². The van der Waals surface area contributed by atoms with Gasteiger partial charge in [0.2, 0.25) is 0 Å². The Morgan fingerprint density at radius 3 is 2.36 bits per heavy atom. The summed E-state index contributed by atoms with van der Waals surface area (Å²) >= 11 is 5.60. The molecule has 1 N–H and O–H groups in total. The third-order valence-electron chi connectivity index (χ3n) is 2.16. The highest BCUT2D eigenvalue weighted by Crippen LogP contribution is 2.31. The molecule has 3 nitrogen and oxygen atoms in total. The average Bonchev–Trinajstić information content (AvgIpc) is 2.05. The molecule has 1 rings (SSSR count). The Kier molecular flexibility index (Phi) is 2.73. The number of halogens is 1. The van der Waals surface area contributed by atoms with E-state index in [1.165, 1.54) is 0 Å². The van der Waals surface area contributed by atoms with E-state index in [9.17, 15) is 4.79 Å². The molecule has 1 aliphatic heterocycles. The fourth-order valence-electron chi connectivity index (χ4n) is 1.17. The highest BCUT2D eigenvalue weighted by Gasteiger charge is 2.39. The van der Waals surface area contributed by atoms with Crippen LogP contribution in [0.2, 0.25) is 0 Å². The Hall–Kier alpha value is -0.280. The maximum Gasteiger partial charge on any atom is 0.311 e. The molecule has 0 bridgehead atoms. The predicted octanol–water partition coefficient (Wildman–Crippen LogP) is 1.11. The normalized spacial score (nSPS) is 23.0. The Morgan fingerprint density at radius 2 is 2.09 bits per heavy atom. The van der Waals surface area contributed by atoms with E-state index in [0.717, 1.165) is 0 Å². The van der Waals surface area contributed by atoms with Crippen LogP contribution in [0.1, 0.15) is 12.8 Å². The third kappa shape index (κ3) is 1.65. The molecule has 0 atom stereocenters. The van der Waals surface area contributed by atoms with Crippen LogP contribution in [0, 0.1) is 5.41 Å². The van der Waals surface area contributed by atoms with Crippen LogP contribution in [0.25, 0.3) is 0 Å². The molecule has 0 spiro atoms. The lowest BCUT2D eigenvalue weighted by Crippen LogP contribution is -2.38. The second kappa shape index (κ2) is 3.41. The molecule has 0 amide bonds. The zero-order chi connectivity index (χ0) is 8.32. The van der Waals surface area contributed by atoms with Crippen LogP contribution in [-0.2, 0) is 9.53 Å². The molecule has 64 valence electrons. The molecule has 1 aliphatic rings. The lowest BCUT2D eigenvalue weighted by Gasteiger charge is -2.30. The fraction of sp³-hybridized carbons (Fsp3) is 0.857. The van der Waals surface area contributed by atoms with Gasteiger partial charge < -0.3 is 9.84 Å². The van der Waals surface area contributed by atoms with Crippen molar-refractivity contribution < 1.29 is 14.6 Å². The van der Waals surface area contributed by atoms with Crippen molar-refractivity contribution in [3.63, 3.8) is 0 Å². The van der Waals surface area contributed by atoms with Gasteiger partial charge >= 0.3 is 5.97 Å². The van der Waals surface area contributed by atoms with Gasteiger partial charge in [-0.3, -0.25) is 4.79 Å². The maximum absolute atomic E-state index is 10.8. The van der Waals surface area contributed by atoms with Gasteiger partial charge in [0, 0.05) is 19.1 Å². The van der Waals surface area contributed by atoms with Crippen LogP contribution in [0.4, 0.5) is 0 Å². The SMILES string of the molecule is O=C(O)C1(CCl)CCOCC1. The van der Waals surface area contributed by atoms with E-state index in [1.54, 1.807) is 0 Å². The standard InChI is InChI=1S/C7H11ClO3/c8-5-7(6(9)10)1-3-11-4-2-7/h1-5H2,(H,9,10). The topological polar surface area (TPSA) is 46.5 Å². The summed E-state index contributed by atoms with van der Waals surface area (Å²) in [6.45, 7) is 1.03. The molecular weight excluding hydrogens is 168 g/mol. The summed E-state index contributed by atoms with van der Waals surface area (Å²) in [6, 6.07) is 0. The number of alkyl halides is 1. The van der Waals surface area contributed by atoms with Gasteiger partial charge in [-0.2, -0.15) is 0 Å². The van der Waals surface area contributed by atoms with Gasteiger partial charge in [-0.25, -0.2) is 0 Å². The molecular formula is C7H11ClO3. The predicted molar refractivity (Wildman–Crippen MR) is 40.8 cm³/mol. The number of aliphatic carboxylic acids is 1. The molecule has 0 aliphatic carbocycles. The minimum Gasteiger partial charge on any atom is -0.481 e. The smallest absolute Gasteiger partial charge is 0.311 e. The van der Waals surface area contributed by atoms with Crippen molar-refractivity contribution in [3.8, 4) is 0 Å². The van der Waals surface area contributed by atoms with Crippen LogP contribution in [0.3, 0.4) is 0 Å². The number of hydrogen-bond acceptors (Lipinski definition) is 2. The van der Waals surface area contributed by atoms with E-state index in [-0.39, 0.29) is 5.88 Å². The number of carboxylic acid groups (broad SMARTS) is 1. The molecule has 0 aromatic carbocycles. The van der Waals surface area contributed by atoms with Gasteiger partial charge in [0.1, 0.15) is 0 Å². The van der Waals surface area contributed by atoms with E-state index in [0.29, 0.717) is 26.1 Å². The molecule has 0 unspecified atom stereocenters. The Balaban J connectivity index is 2.64. The van der Waals surface area contributed by atoms with Crippen LogP contribution < -0.4 is 0 Å². The highest BCUT2D eigenvalue weighted by atomic mass is 35.5. The number of carbonyl (C=O) groups is 1. The summed E-state index contributed by atoms with van der Waals surface area (Å²) in [7, 11) is 0. The number of rotatable bonds is 2. The van der Waals surface area contributed by atoms with E-state index in [4.69, 9.17) is 21.4 Å². The minimum atomic E-state index is -0.796. The van der Waals surface area contributed by atoms with Gasteiger partial charge in [0.25, 0.3) is 0 Å². The fourth-order valence-corrected chi connectivity index (χ4v) is 1.55. The minimum absolute atomic E-state index is 0.186. The van der Waals surface area contributed by atoms with Gasteiger partial charge in [-0.05, 0) is 12.8 Å². The van der Waals surface area contributed by atoms with Gasteiger partial charge in [-0.15, -0.1) is 11.6 Å². The zero-order valence-corrected chi connectivity index (χ0v) is 6.93. The van der Waals surface area contributed by atoms with Crippen molar-refractivity contribution in [1.82, 2.24) is 0 Å². The summed E-state index contributed by atoms with van der Waals surface area (Å²) in [6.07, 6.45) is 1.07. The first-order valence-electron chi connectivity index (χ1n) is 3.58. The Labute approximate surface area is 70.3 Å². The highest BCUT2D eigenvalue weighted by molar-refractivity contribution is 6.19. The van der Waals surface area contributed by atoms with Crippen molar-refractivity contribution >= 4 is 17.6 Å². The van der Waals surface area contributed by atoms with Gasteiger partial charge in [0.15, 0.2) is 0 Å². The number of ether oxygens (including phenoxy) is 1. The first-order valence-corrected chi connectivity index (χ1v) is 4.12. The van der Waals surface area contributed by atoms with Crippen LogP contribution in [0.5, 0.6) is 0 Å². The van der Waals surface area contributed by atoms with Crippen molar-refractivity contribution in [3.05, 3.63) is 0 Å². The first kappa shape index (κ1) is 8.81. The van der Waals surface area contributed by atoms with Crippen molar-refractivity contribution in [2.75, 3.05) is 19.1 Å². The summed E-state index contributed by atoms with van der Waals surface area (Å²) in [5, 5.41) is 8.85. The second-order valence-electron chi connectivity index (χ2n) is 2.83. The van der Waals surface area contributed by atoms with E-state index < -0.39 is 11.4 Å². The molecule has 1 saturated heterocycles.